The second kappa shape index (κ2) is 5.44. The summed E-state index contributed by atoms with van der Waals surface area (Å²) in [4.78, 5) is 11.0. The summed E-state index contributed by atoms with van der Waals surface area (Å²) in [5.74, 6) is -0.389. The summed E-state index contributed by atoms with van der Waals surface area (Å²) in [6.45, 7) is 0.287. The number of hydrogen-bond donors (Lipinski definition) is 1. The van der Waals surface area contributed by atoms with Gasteiger partial charge in [0, 0.05) is 12.4 Å². The van der Waals surface area contributed by atoms with E-state index in [2.05, 4.69) is 10.1 Å². The van der Waals surface area contributed by atoms with Crippen LogP contribution in [0, 0.1) is 5.82 Å². The smallest absolute Gasteiger partial charge is 0.407 e. The molecule has 0 aliphatic carbocycles. The molecular weight excluding hydrogens is 209 g/mol. The summed E-state index contributed by atoms with van der Waals surface area (Å²) < 4.78 is 17.6. The van der Waals surface area contributed by atoms with Crippen LogP contribution >= 0.6 is 11.6 Å². The highest BCUT2D eigenvalue weighted by Gasteiger charge is 2.06. The van der Waals surface area contributed by atoms with Gasteiger partial charge in [0.05, 0.1) is 0 Å². The maximum atomic E-state index is 12.9. The summed E-state index contributed by atoms with van der Waals surface area (Å²) in [6.07, 6.45) is -0.712. The Morgan fingerprint density at radius 1 is 1.50 bits per heavy atom. The summed E-state index contributed by atoms with van der Waals surface area (Å²) in [6, 6.07) is 5.67. The standard InChI is InChI=1S/C9H9ClFNO2/c10-5-6-12-9(13)14-8-4-2-1-3-7(8)11/h1-4H,5-6H2,(H,12,13). The first kappa shape index (κ1) is 10.8. The van der Waals surface area contributed by atoms with E-state index >= 15 is 0 Å². The van der Waals surface area contributed by atoms with Gasteiger partial charge < -0.3 is 10.1 Å². The SMILES string of the molecule is O=C(NCCCl)Oc1ccccc1F. The molecule has 0 aliphatic heterocycles. The van der Waals surface area contributed by atoms with Gasteiger partial charge in [0.25, 0.3) is 0 Å². The van der Waals surface area contributed by atoms with Crippen LogP contribution in [0.15, 0.2) is 24.3 Å². The number of nitrogens with one attached hydrogen (secondary N) is 1. The molecule has 0 spiro atoms. The van der Waals surface area contributed by atoms with E-state index in [1.54, 1.807) is 6.07 Å². The van der Waals surface area contributed by atoms with Crippen molar-refractivity contribution in [1.82, 2.24) is 5.32 Å². The minimum absolute atomic E-state index is 0.0976. The number of carbonyl (C=O) groups excluding carboxylic acids is 1. The van der Waals surface area contributed by atoms with Crippen LogP contribution < -0.4 is 10.1 Å². The number of rotatable bonds is 3. The third-order valence-electron chi connectivity index (χ3n) is 1.40. The van der Waals surface area contributed by atoms with Crippen LogP contribution in [-0.2, 0) is 0 Å². The molecule has 1 N–H and O–H groups in total. The molecule has 0 fully saturated rings. The Labute approximate surface area is 85.8 Å². The van der Waals surface area contributed by atoms with Gasteiger partial charge in [-0.3, -0.25) is 0 Å². The molecule has 0 aliphatic rings. The molecule has 14 heavy (non-hydrogen) atoms. The molecule has 1 rings (SSSR count). The lowest BCUT2D eigenvalue weighted by atomic mass is 10.3. The maximum absolute atomic E-state index is 12.9. The monoisotopic (exact) mass is 217 g/mol. The predicted molar refractivity (Wildman–Crippen MR) is 51.1 cm³/mol. The molecule has 5 heteroatoms. The zero-order valence-electron chi connectivity index (χ0n) is 7.30. The van der Waals surface area contributed by atoms with Crippen LogP contribution in [0.3, 0.4) is 0 Å². The summed E-state index contributed by atoms with van der Waals surface area (Å²) >= 11 is 5.34. The van der Waals surface area contributed by atoms with Gasteiger partial charge in [-0.25, -0.2) is 9.18 Å². The quantitative estimate of drug-likeness (QED) is 0.788. The molecule has 0 aromatic heterocycles. The van der Waals surface area contributed by atoms with E-state index in [1.807, 2.05) is 0 Å². The molecule has 1 amide bonds. The van der Waals surface area contributed by atoms with Crippen LogP contribution in [0.2, 0.25) is 0 Å². The maximum Gasteiger partial charge on any atom is 0.412 e. The fourth-order valence-electron chi connectivity index (χ4n) is 0.813. The molecule has 0 saturated carbocycles. The lowest BCUT2D eigenvalue weighted by Crippen LogP contribution is -2.28. The van der Waals surface area contributed by atoms with Crippen LogP contribution in [0.4, 0.5) is 9.18 Å². The van der Waals surface area contributed by atoms with Crippen LogP contribution in [0.5, 0.6) is 5.75 Å². The van der Waals surface area contributed by atoms with E-state index in [9.17, 15) is 9.18 Å². The summed E-state index contributed by atoms with van der Waals surface area (Å²) in [5.41, 5.74) is 0. The lowest BCUT2D eigenvalue weighted by Gasteiger charge is -2.05. The van der Waals surface area contributed by atoms with Gasteiger partial charge in [0.1, 0.15) is 0 Å². The fraction of sp³-hybridized carbons (Fsp3) is 0.222. The number of amides is 1. The van der Waals surface area contributed by atoms with Crippen molar-refractivity contribution in [2.75, 3.05) is 12.4 Å². The van der Waals surface area contributed by atoms with Crippen molar-refractivity contribution in [3.05, 3.63) is 30.1 Å². The van der Waals surface area contributed by atoms with Gasteiger partial charge in [0.2, 0.25) is 0 Å². The Hall–Kier alpha value is -1.29. The molecule has 0 radical (unpaired) electrons. The van der Waals surface area contributed by atoms with Crippen LogP contribution in [0.1, 0.15) is 0 Å². The van der Waals surface area contributed by atoms with E-state index < -0.39 is 11.9 Å². The zero-order valence-corrected chi connectivity index (χ0v) is 8.05. The lowest BCUT2D eigenvalue weighted by molar-refractivity contribution is 0.199. The number of halogens is 2. The summed E-state index contributed by atoms with van der Waals surface area (Å²) in [7, 11) is 0. The van der Waals surface area contributed by atoms with Crippen molar-refractivity contribution >= 4 is 17.7 Å². The van der Waals surface area contributed by atoms with Crippen molar-refractivity contribution in [2.45, 2.75) is 0 Å². The van der Waals surface area contributed by atoms with Gasteiger partial charge in [-0.1, -0.05) is 12.1 Å². The number of alkyl halides is 1. The molecule has 0 heterocycles. The Morgan fingerprint density at radius 2 is 2.21 bits per heavy atom. The molecule has 0 unspecified atom stereocenters. The van der Waals surface area contributed by atoms with E-state index in [-0.39, 0.29) is 18.2 Å². The van der Waals surface area contributed by atoms with Crippen LogP contribution in [-0.4, -0.2) is 18.5 Å². The minimum Gasteiger partial charge on any atom is -0.407 e. The largest absolute Gasteiger partial charge is 0.412 e. The van der Waals surface area contributed by atoms with E-state index in [4.69, 9.17) is 11.6 Å². The molecule has 1 aromatic carbocycles. The zero-order chi connectivity index (χ0) is 10.4. The minimum atomic E-state index is -0.712. The molecule has 0 saturated heterocycles. The molecule has 3 nitrogen and oxygen atoms in total. The summed E-state index contributed by atoms with van der Waals surface area (Å²) in [5, 5.41) is 2.35. The third-order valence-corrected chi connectivity index (χ3v) is 1.59. The highest BCUT2D eigenvalue weighted by atomic mass is 35.5. The van der Waals surface area contributed by atoms with Crippen molar-refractivity contribution in [3.8, 4) is 5.75 Å². The molecule has 76 valence electrons. The van der Waals surface area contributed by atoms with E-state index in [0.717, 1.165) is 0 Å². The normalized spacial score (nSPS) is 9.57. The average molecular weight is 218 g/mol. The Morgan fingerprint density at radius 3 is 2.86 bits per heavy atom. The predicted octanol–water partition coefficient (Wildman–Crippen LogP) is 2.15. The number of para-hydroxylation sites is 1. The number of ether oxygens (including phenoxy) is 1. The highest BCUT2D eigenvalue weighted by molar-refractivity contribution is 6.18. The second-order valence-corrected chi connectivity index (χ2v) is 2.81. The average Bonchev–Trinajstić information content (AvgIpc) is 2.18. The van der Waals surface area contributed by atoms with Crippen LogP contribution in [0.25, 0.3) is 0 Å². The number of hydrogen-bond acceptors (Lipinski definition) is 2. The Kier molecular flexibility index (Phi) is 4.19. The van der Waals surface area contributed by atoms with Gasteiger partial charge in [-0.2, -0.15) is 0 Å². The third kappa shape index (κ3) is 3.22. The van der Waals surface area contributed by atoms with E-state index in [0.29, 0.717) is 0 Å². The molecule has 0 atom stereocenters. The van der Waals surface area contributed by atoms with Crippen molar-refractivity contribution < 1.29 is 13.9 Å². The molecule has 1 aromatic rings. The highest BCUT2D eigenvalue weighted by Crippen LogP contribution is 2.15. The number of carbonyl (C=O) groups is 1. The van der Waals surface area contributed by atoms with Crippen molar-refractivity contribution in [3.63, 3.8) is 0 Å². The first-order chi connectivity index (χ1) is 6.74. The van der Waals surface area contributed by atoms with Crippen molar-refractivity contribution in [2.24, 2.45) is 0 Å². The van der Waals surface area contributed by atoms with Gasteiger partial charge >= 0.3 is 6.09 Å². The van der Waals surface area contributed by atoms with Gasteiger partial charge in [0.15, 0.2) is 11.6 Å². The Balaban J connectivity index is 2.52. The first-order valence-electron chi connectivity index (χ1n) is 4.00. The van der Waals surface area contributed by atoms with Gasteiger partial charge in [-0.15, -0.1) is 11.6 Å². The van der Waals surface area contributed by atoms with Gasteiger partial charge in [-0.05, 0) is 12.1 Å². The topological polar surface area (TPSA) is 38.3 Å². The van der Waals surface area contributed by atoms with E-state index in [1.165, 1.54) is 18.2 Å². The number of benzene rings is 1. The first-order valence-corrected chi connectivity index (χ1v) is 4.53. The Bertz CT molecular complexity index is 319. The molecule has 0 bridgehead atoms. The fourth-order valence-corrected chi connectivity index (χ4v) is 0.907. The second-order valence-electron chi connectivity index (χ2n) is 2.44. The van der Waals surface area contributed by atoms with Crippen molar-refractivity contribution in [1.29, 1.82) is 0 Å². The molecular formula is C9H9ClFNO2.